The van der Waals surface area contributed by atoms with Crippen molar-refractivity contribution in [1.82, 2.24) is 10.6 Å². The van der Waals surface area contributed by atoms with Crippen molar-refractivity contribution in [2.45, 2.75) is 19.0 Å². The molecule has 1 aromatic rings. The molecule has 2 atom stereocenters. The van der Waals surface area contributed by atoms with Gasteiger partial charge < -0.3 is 9.73 Å². The number of thioether (sulfide) groups is 1. The van der Waals surface area contributed by atoms with Crippen LogP contribution in [0.25, 0.3) is 0 Å². The van der Waals surface area contributed by atoms with Crippen LogP contribution in [0, 0.1) is 0 Å². The van der Waals surface area contributed by atoms with Gasteiger partial charge in [0.2, 0.25) is 5.91 Å². The van der Waals surface area contributed by atoms with Gasteiger partial charge in [0, 0.05) is 11.6 Å². The molecule has 0 aromatic carbocycles. The third-order valence-electron chi connectivity index (χ3n) is 2.36. The summed E-state index contributed by atoms with van der Waals surface area (Å²) in [6, 6.07) is 3.55. The van der Waals surface area contributed by atoms with Crippen LogP contribution in [-0.4, -0.2) is 23.6 Å². The molecule has 0 saturated carbocycles. The predicted molar refractivity (Wildman–Crippen MR) is 59.5 cm³/mol. The first-order valence-electron chi connectivity index (χ1n) is 4.92. The number of rotatable bonds is 3. The maximum atomic E-state index is 11.7. The molecule has 1 aliphatic heterocycles. The van der Waals surface area contributed by atoms with E-state index in [0.717, 1.165) is 17.4 Å². The quantitative estimate of drug-likeness (QED) is 0.811. The van der Waals surface area contributed by atoms with Crippen LogP contribution in [0.2, 0.25) is 0 Å². The van der Waals surface area contributed by atoms with Crippen molar-refractivity contribution >= 4 is 17.7 Å². The fourth-order valence-electron chi connectivity index (χ4n) is 1.49. The van der Waals surface area contributed by atoms with Crippen LogP contribution in [0.1, 0.15) is 18.7 Å². The van der Waals surface area contributed by atoms with Crippen LogP contribution in [0.4, 0.5) is 0 Å². The molecule has 1 aliphatic rings. The van der Waals surface area contributed by atoms with Crippen LogP contribution in [0.5, 0.6) is 0 Å². The highest BCUT2D eigenvalue weighted by atomic mass is 32.2. The SMILES string of the molecule is C[C@@H](NC(=O)C1CSCN1)c1ccco1. The van der Waals surface area contributed by atoms with Gasteiger partial charge in [-0.2, -0.15) is 0 Å². The Labute approximate surface area is 92.8 Å². The minimum atomic E-state index is -0.0695. The zero-order chi connectivity index (χ0) is 10.7. The maximum Gasteiger partial charge on any atom is 0.238 e. The first-order valence-corrected chi connectivity index (χ1v) is 6.08. The summed E-state index contributed by atoms with van der Waals surface area (Å²) < 4.78 is 5.22. The summed E-state index contributed by atoms with van der Waals surface area (Å²) in [6.07, 6.45) is 1.61. The van der Waals surface area contributed by atoms with E-state index in [1.54, 1.807) is 18.0 Å². The zero-order valence-electron chi connectivity index (χ0n) is 8.53. The monoisotopic (exact) mass is 226 g/mol. The molecule has 2 heterocycles. The van der Waals surface area contributed by atoms with Crippen molar-refractivity contribution in [2.24, 2.45) is 0 Å². The van der Waals surface area contributed by atoms with Gasteiger partial charge in [-0.15, -0.1) is 11.8 Å². The Hall–Kier alpha value is -0.940. The maximum absolute atomic E-state index is 11.7. The third kappa shape index (κ3) is 2.54. The Morgan fingerprint density at radius 3 is 3.27 bits per heavy atom. The van der Waals surface area contributed by atoms with E-state index in [0.29, 0.717) is 0 Å². The highest BCUT2D eigenvalue weighted by Gasteiger charge is 2.24. The van der Waals surface area contributed by atoms with Crippen molar-refractivity contribution in [3.63, 3.8) is 0 Å². The summed E-state index contributed by atoms with van der Waals surface area (Å²) >= 11 is 1.74. The summed E-state index contributed by atoms with van der Waals surface area (Å²) in [7, 11) is 0. The summed E-state index contributed by atoms with van der Waals surface area (Å²) in [6.45, 7) is 1.92. The second-order valence-corrected chi connectivity index (χ2v) is 4.55. The summed E-state index contributed by atoms with van der Waals surface area (Å²) in [5.74, 6) is 2.53. The number of carbonyl (C=O) groups is 1. The van der Waals surface area contributed by atoms with E-state index in [1.807, 2.05) is 19.1 Å². The Kier molecular flexibility index (Phi) is 3.33. The lowest BCUT2D eigenvalue weighted by Gasteiger charge is -2.14. The molecule has 15 heavy (non-hydrogen) atoms. The van der Waals surface area contributed by atoms with E-state index in [-0.39, 0.29) is 18.0 Å². The van der Waals surface area contributed by atoms with Crippen LogP contribution in [0.15, 0.2) is 22.8 Å². The highest BCUT2D eigenvalue weighted by Crippen LogP contribution is 2.14. The fourth-order valence-corrected chi connectivity index (χ4v) is 2.43. The van der Waals surface area contributed by atoms with Gasteiger partial charge in [-0.05, 0) is 19.1 Å². The average molecular weight is 226 g/mol. The van der Waals surface area contributed by atoms with Crippen molar-refractivity contribution in [1.29, 1.82) is 0 Å². The van der Waals surface area contributed by atoms with Crippen LogP contribution < -0.4 is 10.6 Å². The van der Waals surface area contributed by atoms with Gasteiger partial charge in [-0.1, -0.05) is 0 Å². The van der Waals surface area contributed by atoms with Gasteiger partial charge in [0.05, 0.1) is 18.3 Å². The number of hydrogen-bond donors (Lipinski definition) is 2. The van der Waals surface area contributed by atoms with Gasteiger partial charge >= 0.3 is 0 Å². The Morgan fingerprint density at radius 1 is 1.80 bits per heavy atom. The summed E-state index contributed by atoms with van der Waals surface area (Å²) in [4.78, 5) is 11.7. The normalized spacial score (nSPS) is 22.6. The fraction of sp³-hybridized carbons (Fsp3) is 0.500. The van der Waals surface area contributed by atoms with Gasteiger partial charge in [0.1, 0.15) is 5.76 Å². The third-order valence-corrected chi connectivity index (χ3v) is 3.30. The summed E-state index contributed by atoms with van der Waals surface area (Å²) in [5, 5.41) is 6.04. The van der Waals surface area contributed by atoms with E-state index in [1.165, 1.54) is 0 Å². The van der Waals surface area contributed by atoms with Gasteiger partial charge in [0.15, 0.2) is 0 Å². The molecule has 1 saturated heterocycles. The smallest absolute Gasteiger partial charge is 0.238 e. The molecule has 2 rings (SSSR count). The standard InChI is InChI=1S/C10H14N2O2S/c1-7(9-3-2-4-14-9)12-10(13)8-5-15-6-11-8/h2-4,7-8,11H,5-6H2,1H3,(H,12,13)/t7-,8?/m1/s1. The molecule has 2 N–H and O–H groups in total. The van der Waals surface area contributed by atoms with Crippen molar-refractivity contribution < 1.29 is 9.21 Å². The number of nitrogens with one attached hydrogen (secondary N) is 2. The van der Waals surface area contributed by atoms with Gasteiger partial charge in [0.25, 0.3) is 0 Å². The zero-order valence-corrected chi connectivity index (χ0v) is 9.34. The second kappa shape index (κ2) is 4.72. The molecule has 0 spiro atoms. The molecule has 0 radical (unpaired) electrons. The molecule has 4 nitrogen and oxygen atoms in total. The van der Waals surface area contributed by atoms with Gasteiger partial charge in [-0.3, -0.25) is 10.1 Å². The Morgan fingerprint density at radius 2 is 2.67 bits per heavy atom. The molecule has 5 heteroatoms. The van der Waals surface area contributed by atoms with E-state index >= 15 is 0 Å². The van der Waals surface area contributed by atoms with E-state index in [4.69, 9.17) is 4.42 Å². The number of amides is 1. The number of hydrogen-bond acceptors (Lipinski definition) is 4. The number of carbonyl (C=O) groups excluding carboxylic acids is 1. The minimum Gasteiger partial charge on any atom is -0.467 e. The van der Waals surface area contributed by atoms with E-state index in [2.05, 4.69) is 10.6 Å². The largest absolute Gasteiger partial charge is 0.467 e. The minimum absolute atomic E-state index is 0.0453. The Balaban J connectivity index is 1.88. The van der Waals surface area contributed by atoms with Crippen LogP contribution in [-0.2, 0) is 4.79 Å². The van der Waals surface area contributed by atoms with Gasteiger partial charge in [-0.25, -0.2) is 0 Å². The molecule has 1 aromatic heterocycles. The predicted octanol–water partition coefficient (Wildman–Crippen LogP) is 1.12. The lowest BCUT2D eigenvalue weighted by molar-refractivity contribution is -0.123. The molecule has 0 aliphatic carbocycles. The molecule has 1 fully saturated rings. The molecular weight excluding hydrogens is 212 g/mol. The Bertz CT molecular complexity index is 320. The van der Waals surface area contributed by atoms with Crippen molar-refractivity contribution in [3.8, 4) is 0 Å². The molecular formula is C10H14N2O2S. The highest BCUT2D eigenvalue weighted by molar-refractivity contribution is 7.99. The summed E-state index contributed by atoms with van der Waals surface area (Å²) in [5.41, 5.74) is 0. The number of furan rings is 1. The molecule has 82 valence electrons. The van der Waals surface area contributed by atoms with Crippen molar-refractivity contribution in [2.75, 3.05) is 11.6 Å². The molecule has 1 unspecified atom stereocenters. The molecule has 0 bridgehead atoms. The lowest BCUT2D eigenvalue weighted by Crippen LogP contribution is -2.42. The molecule has 1 amide bonds. The van der Waals surface area contributed by atoms with Crippen LogP contribution in [0.3, 0.4) is 0 Å². The van der Waals surface area contributed by atoms with E-state index < -0.39 is 0 Å². The lowest BCUT2D eigenvalue weighted by atomic mass is 10.2. The van der Waals surface area contributed by atoms with E-state index in [9.17, 15) is 4.79 Å². The van der Waals surface area contributed by atoms with Crippen LogP contribution >= 0.6 is 11.8 Å². The first-order chi connectivity index (χ1) is 7.27. The first kappa shape index (κ1) is 10.6. The second-order valence-electron chi connectivity index (χ2n) is 3.52. The topological polar surface area (TPSA) is 54.3 Å². The van der Waals surface area contributed by atoms with Crippen molar-refractivity contribution in [3.05, 3.63) is 24.2 Å². The average Bonchev–Trinajstić information content (AvgIpc) is 2.91.